The predicted octanol–water partition coefficient (Wildman–Crippen LogP) is 4.49. The van der Waals surface area contributed by atoms with Gasteiger partial charge in [-0.1, -0.05) is 67.2 Å². The lowest BCUT2D eigenvalue weighted by molar-refractivity contribution is -0.135. The molecule has 0 radical (unpaired) electrons. The highest BCUT2D eigenvalue weighted by molar-refractivity contribution is 5.93. The first kappa shape index (κ1) is 19.2. The summed E-state index contributed by atoms with van der Waals surface area (Å²) < 4.78 is 0. The number of amides is 1. The van der Waals surface area contributed by atoms with Gasteiger partial charge in [0.25, 0.3) is 0 Å². The van der Waals surface area contributed by atoms with Crippen LogP contribution >= 0.6 is 0 Å². The van der Waals surface area contributed by atoms with E-state index in [4.69, 9.17) is 0 Å². The summed E-state index contributed by atoms with van der Waals surface area (Å²) >= 11 is 0. The summed E-state index contributed by atoms with van der Waals surface area (Å²) in [6, 6.07) is -0.411. The molecule has 0 aromatic carbocycles. The highest BCUT2D eigenvalue weighted by Crippen LogP contribution is 2.29. The van der Waals surface area contributed by atoms with Gasteiger partial charge in [0.05, 0.1) is 6.04 Å². The predicted molar refractivity (Wildman–Crippen MR) is 91.7 cm³/mol. The number of ketones is 1. The Morgan fingerprint density at radius 3 is 1.86 bits per heavy atom. The fraction of sp³-hybridized carbons (Fsp3) is 0.895. The maximum atomic E-state index is 12.7. The van der Waals surface area contributed by atoms with Gasteiger partial charge in [0.2, 0.25) is 5.91 Å². The summed E-state index contributed by atoms with van der Waals surface area (Å²) in [5.41, 5.74) is -0.697. The van der Waals surface area contributed by atoms with E-state index in [-0.39, 0.29) is 17.1 Å². The Bertz CT molecular complexity index is 379. The Morgan fingerprint density at radius 1 is 0.955 bits per heavy atom. The molecule has 0 aromatic rings. The van der Waals surface area contributed by atoms with Crippen molar-refractivity contribution in [3.63, 3.8) is 0 Å². The molecule has 128 valence electrons. The van der Waals surface area contributed by atoms with Crippen LogP contribution in [0.2, 0.25) is 0 Å². The van der Waals surface area contributed by atoms with Crippen LogP contribution in [0, 0.1) is 16.7 Å². The molecule has 22 heavy (non-hydrogen) atoms. The zero-order chi connectivity index (χ0) is 17.0. The van der Waals surface area contributed by atoms with Crippen molar-refractivity contribution in [3.8, 4) is 0 Å². The molecule has 1 aliphatic rings. The lowest BCUT2D eigenvalue weighted by Gasteiger charge is -2.35. The normalized spacial score (nSPS) is 19.4. The Balaban J connectivity index is 2.69. The van der Waals surface area contributed by atoms with E-state index in [0.717, 1.165) is 12.8 Å². The molecule has 1 N–H and O–H groups in total. The average molecular weight is 309 g/mol. The number of nitrogens with one attached hydrogen (secondary N) is 1. The largest absolute Gasteiger partial charge is 0.346 e. The zero-order valence-corrected chi connectivity index (χ0v) is 15.4. The molecule has 0 aromatic heterocycles. The molecule has 0 aliphatic heterocycles. The highest BCUT2D eigenvalue weighted by atomic mass is 16.2. The molecule has 0 saturated heterocycles. The first-order valence-corrected chi connectivity index (χ1v) is 8.85. The number of hydrogen-bond acceptors (Lipinski definition) is 2. The second kappa shape index (κ2) is 7.61. The molecule has 1 fully saturated rings. The van der Waals surface area contributed by atoms with Crippen molar-refractivity contribution in [3.05, 3.63) is 0 Å². The van der Waals surface area contributed by atoms with Crippen LogP contribution in [0.5, 0.6) is 0 Å². The summed E-state index contributed by atoms with van der Waals surface area (Å²) in [5, 5.41) is 3.04. The molecule has 3 nitrogen and oxygen atoms in total. The van der Waals surface area contributed by atoms with E-state index in [1.54, 1.807) is 0 Å². The number of rotatable bonds is 4. The summed E-state index contributed by atoms with van der Waals surface area (Å²) in [4.78, 5) is 25.1. The van der Waals surface area contributed by atoms with Crippen LogP contribution in [-0.4, -0.2) is 17.7 Å². The minimum absolute atomic E-state index is 0.0458. The van der Waals surface area contributed by atoms with E-state index in [9.17, 15) is 9.59 Å². The topological polar surface area (TPSA) is 46.2 Å². The van der Waals surface area contributed by atoms with Gasteiger partial charge in [0.15, 0.2) is 5.78 Å². The summed E-state index contributed by atoms with van der Waals surface area (Å²) in [7, 11) is 0. The first-order chi connectivity index (χ1) is 10.0. The van der Waals surface area contributed by atoms with E-state index in [0.29, 0.717) is 12.3 Å². The van der Waals surface area contributed by atoms with Gasteiger partial charge in [-0.2, -0.15) is 0 Å². The number of Topliss-reactive ketones (excluding diaryl/α,β-unsaturated/α-hetero) is 1. The SMILES string of the molecule is CC(C)(C)C(=O)[C@@H](NC(=O)CC1CCCCCC1)C(C)(C)C. The summed E-state index contributed by atoms with van der Waals surface area (Å²) in [6.07, 6.45) is 7.95. The summed E-state index contributed by atoms with van der Waals surface area (Å²) in [6.45, 7) is 11.8. The number of carbonyl (C=O) groups excluding carboxylic acids is 2. The van der Waals surface area contributed by atoms with Crippen molar-refractivity contribution in [2.24, 2.45) is 16.7 Å². The molecule has 0 bridgehead atoms. The minimum atomic E-state index is -0.437. The molecule has 1 amide bonds. The van der Waals surface area contributed by atoms with Crippen molar-refractivity contribution in [2.75, 3.05) is 0 Å². The van der Waals surface area contributed by atoms with Gasteiger partial charge in [-0.15, -0.1) is 0 Å². The van der Waals surface area contributed by atoms with Gasteiger partial charge >= 0.3 is 0 Å². The lowest BCUT2D eigenvalue weighted by Crippen LogP contribution is -2.52. The van der Waals surface area contributed by atoms with Gasteiger partial charge in [0, 0.05) is 11.8 Å². The summed E-state index contributed by atoms with van der Waals surface area (Å²) in [5.74, 6) is 0.659. The number of carbonyl (C=O) groups is 2. The molecule has 1 rings (SSSR count). The standard InChI is InChI=1S/C19H35NO2/c1-18(2,3)16(17(22)19(4,5)6)20-15(21)13-14-11-9-7-8-10-12-14/h14,16H,7-13H2,1-6H3,(H,20,21)/t16-/m1/s1. The van der Waals surface area contributed by atoms with Crippen LogP contribution in [0.3, 0.4) is 0 Å². The molecular formula is C19H35NO2. The van der Waals surface area contributed by atoms with E-state index >= 15 is 0 Å². The molecule has 3 heteroatoms. The first-order valence-electron chi connectivity index (χ1n) is 8.85. The van der Waals surface area contributed by atoms with Crippen LogP contribution in [0.25, 0.3) is 0 Å². The Kier molecular flexibility index (Phi) is 6.64. The third kappa shape index (κ3) is 6.10. The minimum Gasteiger partial charge on any atom is -0.346 e. The monoisotopic (exact) mass is 309 g/mol. The van der Waals surface area contributed by atoms with Crippen molar-refractivity contribution in [2.45, 2.75) is 92.5 Å². The van der Waals surface area contributed by atoms with E-state index in [1.807, 2.05) is 41.5 Å². The fourth-order valence-electron chi connectivity index (χ4n) is 3.16. The third-order valence-corrected chi connectivity index (χ3v) is 4.62. The highest BCUT2D eigenvalue weighted by Gasteiger charge is 2.38. The van der Waals surface area contributed by atoms with E-state index in [1.165, 1.54) is 25.7 Å². The van der Waals surface area contributed by atoms with Gasteiger partial charge in [-0.3, -0.25) is 9.59 Å². The second-order valence-corrected chi connectivity index (χ2v) is 9.04. The van der Waals surface area contributed by atoms with E-state index in [2.05, 4.69) is 5.32 Å². The van der Waals surface area contributed by atoms with E-state index < -0.39 is 11.5 Å². The maximum Gasteiger partial charge on any atom is 0.220 e. The quantitative estimate of drug-likeness (QED) is 0.778. The van der Waals surface area contributed by atoms with Gasteiger partial charge < -0.3 is 5.32 Å². The van der Waals surface area contributed by atoms with Crippen molar-refractivity contribution in [1.29, 1.82) is 0 Å². The molecule has 0 unspecified atom stereocenters. The van der Waals surface area contributed by atoms with Gasteiger partial charge in [-0.25, -0.2) is 0 Å². The fourth-order valence-corrected chi connectivity index (χ4v) is 3.16. The van der Waals surface area contributed by atoms with Crippen molar-refractivity contribution >= 4 is 11.7 Å². The Labute approximate surface area is 136 Å². The second-order valence-electron chi connectivity index (χ2n) is 9.04. The molecule has 0 heterocycles. The van der Waals surface area contributed by atoms with Crippen molar-refractivity contribution < 1.29 is 9.59 Å². The van der Waals surface area contributed by atoms with Crippen LogP contribution in [-0.2, 0) is 9.59 Å². The molecule has 1 aliphatic carbocycles. The zero-order valence-electron chi connectivity index (χ0n) is 15.4. The third-order valence-electron chi connectivity index (χ3n) is 4.62. The molecule has 0 spiro atoms. The Hall–Kier alpha value is -0.860. The smallest absolute Gasteiger partial charge is 0.220 e. The maximum absolute atomic E-state index is 12.7. The molecule has 1 atom stereocenters. The van der Waals surface area contributed by atoms with Crippen molar-refractivity contribution in [1.82, 2.24) is 5.32 Å². The molecule has 1 saturated carbocycles. The lowest BCUT2D eigenvalue weighted by atomic mass is 9.75. The van der Waals surface area contributed by atoms with Gasteiger partial charge in [0.1, 0.15) is 0 Å². The Morgan fingerprint density at radius 2 is 1.45 bits per heavy atom. The van der Waals surface area contributed by atoms with Crippen LogP contribution in [0.15, 0.2) is 0 Å². The van der Waals surface area contributed by atoms with Crippen LogP contribution in [0.1, 0.15) is 86.5 Å². The number of hydrogen-bond donors (Lipinski definition) is 1. The van der Waals surface area contributed by atoms with Crippen LogP contribution in [0.4, 0.5) is 0 Å². The van der Waals surface area contributed by atoms with Gasteiger partial charge in [-0.05, 0) is 24.2 Å². The molecular weight excluding hydrogens is 274 g/mol. The van der Waals surface area contributed by atoms with Crippen LogP contribution < -0.4 is 5.32 Å². The average Bonchev–Trinajstić information content (AvgIpc) is 2.61.